The monoisotopic (exact) mass is 475 g/mol. The van der Waals surface area contributed by atoms with Gasteiger partial charge in [0.05, 0.1) is 11.5 Å². The number of rotatable bonds is 8. The fourth-order valence-electron chi connectivity index (χ4n) is 2.72. The maximum atomic E-state index is 13.9. The van der Waals surface area contributed by atoms with Gasteiger partial charge in [-0.3, -0.25) is 14.5 Å². The van der Waals surface area contributed by atoms with Gasteiger partial charge in [0.1, 0.15) is 5.82 Å². The molecule has 0 bridgehead atoms. The predicted octanol–water partition coefficient (Wildman–Crippen LogP) is 2.34. The van der Waals surface area contributed by atoms with Crippen LogP contribution in [0.25, 0.3) is 0 Å². The summed E-state index contributed by atoms with van der Waals surface area (Å²) in [7, 11) is 0. The van der Waals surface area contributed by atoms with Gasteiger partial charge in [0.25, 0.3) is 0 Å². The van der Waals surface area contributed by atoms with Gasteiger partial charge in [-0.25, -0.2) is 4.39 Å². The van der Waals surface area contributed by atoms with Crippen LogP contribution in [0.2, 0.25) is 5.02 Å². The minimum Gasteiger partial charge on any atom is -0.369 e. The number of amides is 2. The van der Waals surface area contributed by atoms with E-state index in [0.29, 0.717) is 52.0 Å². The van der Waals surface area contributed by atoms with Crippen molar-refractivity contribution in [1.29, 1.82) is 0 Å². The summed E-state index contributed by atoms with van der Waals surface area (Å²) in [6, 6.07) is 4.68. The molecule has 2 aromatic rings. The molecular weight excluding hydrogens is 457 g/mol. The van der Waals surface area contributed by atoms with E-state index in [0.717, 1.165) is 0 Å². The summed E-state index contributed by atoms with van der Waals surface area (Å²) in [6.45, 7) is 2.92. The fourth-order valence-corrected chi connectivity index (χ4v) is 5.61. The van der Waals surface area contributed by atoms with Gasteiger partial charge in [0, 0.05) is 43.3 Å². The third kappa shape index (κ3) is 6.54. The molecule has 2 N–H and O–H groups in total. The van der Waals surface area contributed by atoms with E-state index in [-0.39, 0.29) is 23.2 Å². The molecular formula is C17H19ClFN5O2S3. The lowest BCUT2D eigenvalue weighted by Gasteiger charge is -2.34. The molecule has 29 heavy (non-hydrogen) atoms. The van der Waals surface area contributed by atoms with Crippen molar-refractivity contribution in [1.82, 2.24) is 20.0 Å². The number of piperazine rings is 1. The highest BCUT2D eigenvalue weighted by Crippen LogP contribution is 2.29. The Balaban J connectivity index is 1.42. The van der Waals surface area contributed by atoms with Gasteiger partial charge in [0.15, 0.2) is 8.68 Å². The Morgan fingerprint density at radius 1 is 1.14 bits per heavy atom. The molecule has 156 valence electrons. The summed E-state index contributed by atoms with van der Waals surface area (Å²) in [4.78, 5) is 27.2. The molecule has 0 unspecified atom stereocenters. The number of thioether (sulfide) groups is 2. The largest absolute Gasteiger partial charge is 0.369 e. The number of carbonyl (C=O) groups excluding carboxylic acids is 2. The molecule has 12 heteroatoms. The van der Waals surface area contributed by atoms with E-state index in [9.17, 15) is 14.0 Å². The molecule has 1 aliphatic rings. The molecule has 0 radical (unpaired) electrons. The van der Waals surface area contributed by atoms with Gasteiger partial charge in [-0.15, -0.1) is 10.2 Å². The molecule has 2 heterocycles. The minimum absolute atomic E-state index is 0.0279. The van der Waals surface area contributed by atoms with Crippen LogP contribution in [0.1, 0.15) is 5.56 Å². The minimum atomic E-state index is -0.411. The van der Waals surface area contributed by atoms with Crippen molar-refractivity contribution in [2.24, 2.45) is 5.73 Å². The van der Waals surface area contributed by atoms with Crippen molar-refractivity contribution in [2.45, 2.75) is 15.2 Å². The van der Waals surface area contributed by atoms with Crippen LogP contribution < -0.4 is 5.73 Å². The first-order valence-electron chi connectivity index (χ1n) is 8.73. The number of nitrogens with two attached hydrogens (primary N) is 1. The second-order valence-electron chi connectivity index (χ2n) is 6.23. The highest BCUT2D eigenvalue weighted by Gasteiger charge is 2.23. The number of carbonyl (C=O) groups is 2. The number of halogens is 2. The van der Waals surface area contributed by atoms with Crippen LogP contribution in [0.4, 0.5) is 4.39 Å². The first kappa shape index (κ1) is 22.3. The number of benzene rings is 1. The zero-order valence-corrected chi connectivity index (χ0v) is 18.6. The molecule has 7 nitrogen and oxygen atoms in total. The third-order valence-electron chi connectivity index (χ3n) is 4.21. The zero-order chi connectivity index (χ0) is 20.8. The number of hydrogen-bond acceptors (Lipinski definition) is 8. The predicted molar refractivity (Wildman–Crippen MR) is 114 cm³/mol. The van der Waals surface area contributed by atoms with Gasteiger partial charge in [-0.2, -0.15) is 0 Å². The van der Waals surface area contributed by atoms with E-state index >= 15 is 0 Å². The van der Waals surface area contributed by atoms with Crippen LogP contribution in [0.15, 0.2) is 26.9 Å². The molecule has 0 aliphatic carbocycles. The van der Waals surface area contributed by atoms with Gasteiger partial charge in [0.2, 0.25) is 11.8 Å². The maximum absolute atomic E-state index is 13.9. The Bertz CT molecular complexity index is 856. The molecule has 2 amide bonds. The van der Waals surface area contributed by atoms with Gasteiger partial charge in [-0.1, -0.05) is 52.5 Å². The Labute approximate surface area is 185 Å². The molecule has 0 spiro atoms. The molecule has 1 aromatic heterocycles. The molecule has 0 atom stereocenters. The maximum Gasteiger partial charge on any atom is 0.233 e. The smallest absolute Gasteiger partial charge is 0.233 e. The normalized spacial score (nSPS) is 14.9. The summed E-state index contributed by atoms with van der Waals surface area (Å²) in [5.74, 6) is -0.265. The fraction of sp³-hybridized carbons (Fsp3) is 0.412. The molecule has 1 aliphatic heterocycles. The SMILES string of the molecule is NC(=O)CSc1nnc(SCC(=O)N2CCN(Cc3c(F)cccc3Cl)CC2)s1. The highest BCUT2D eigenvalue weighted by molar-refractivity contribution is 8.03. The summed E-state index contributed by atoms with van der Waals surface area (Å²) in [6.07, 6.45) is 0. The molecule has 3 rings (SSSR count). The van der Waals surface area contributed by atoms with Crippen LogP contribution in [0.3, 0.4) is 0 Å². The van der Waals surface area contributed by atoms with Crippen LogP contribution >= 0.6 is 46.5 Å². The van der Waals surface area contributed by atoms with E-state index in [1.165, 1.54) is 40.9 Å². The van der Waals surface area contributed by atoms with Crippen LogP contribution in [-0.2, 0) is 16.1 Å². The van der Waals surface area contributed by atoms with E-state index in [2.05, 4.69) is 15.1 Å². The number of aromatic nitrogens is 2. The number of primary amides is 1. The van der Waals surface area contributed by atoms with Crippen molar-refractivity contribution in [3.8, 4) is 0 Å². The molecule has 1 aromatic carbocycles. The van der Waals surface area contributed by atoms with Gasteiger partial charge in [-0.05, 0) is 12.1 Å². The summed E-state index contributed by atoms with van der Waals surface area (Å²) >= 11 is 10.00. The summed E-state index contributed by atoms with van der Waals surface area (Å²) in [5, 5.41) is 8.41. The quantitative estimate of drug-likeness (QED) is 0.586. The first-order valence-corrected chi connectivity index (χ1v) is 11.9. The molecule has 1 saturated heterocycles. The van der Waals surface area contributed by atoms with Gasteiger partial charge >= 0.3 is 0 Å². The Morgan fingerprint density at radius 2 is 1.79 bits per heavy atom. The molecule has 1 fully saturated rings. The van der Waals surface area contributed by atoms with E-state index in [1.807, 2.05) is 0 Å². The van der Waals surface area contributed by atoms with Crippen molar-refractivity contribution in [3.05, 3.63) is 34.6 Å². The second kappa shape index (κ2) is 10.6. The van der Waals surface area contributed by atoms with Crippen LogP contribution in [0.5, 0.6) is 0 Å². The number of hydrogen-bond donors (Lipinski definition) is 1. The Kier molecular flexibility index (Phi) is 8.13. The van der Waals surface area contributed by atoms with E-state index < -0.39 is 5.91 Å². The third-order valence-corrected chi connectivity index (χ3v) is 7.76. The average Bonchev–Trinajstić information content (AvgIpc) is 3.16. The lowest BCUT2D eigenvalue weighted by atomic mass is 10.2. The van der Waals surface area contributed by atoms with Crippen LogP contribution in [-0.4, -0.2) is 69.5 Å². The summed E-state index contributed by atoms with van der Waals surface area (Å²) < 4.78 is 15.3. The van der Waals surface area contributed by atoms with E-state index in [1.54, 1.807) is 17.0 Å². The summed E-state index contributed by atoms with van der Waals surface area (Å²) in [5.41, 5.74) is 5.60. The Hall–Kier alpha value is -1.40. The zero-order valence-electron chi connectivity index (χ0n) is 15.3. The number of nitrogens with zero attached hydrogens (tertiary/aromatic N) is 4. The second-order valence-corrected chi connectivity index (χ2v) is 10.1. The van der Waals surface area contributed by atoms with Crippen LogP contribution in [0, 0.1) is 5.82 Å². The lowest BCUT2D eigenvalue weighted by Crippen LogP contribution is -2.48. The van der Waals surface area contributed by atoms with Crippen molar-refractivity contribution >= 4 is 58.3 Å². The van der Waals surface area contributed by atoms with Crippen molar-refractivity contribution < 1.29 is 14.0 Å². The standard InChI is InChI=1S/C17H19ClFN5O2S3/c18-12-2-1-3-13(19)11(12)8-23-4-6-24(7-5-23)15(26)10-28-17-22-21-16(29-17)27-9-14(20)25/h1-3H,4-10H2,(H2,20,25). The Morgan fingerprint density at radius 3 is 2.41 bits per heavy atom. The topological polar surface area (TPSA) is 92.4 Å². The first-order chi connectivity index (χ1) is 13.9. The van der Waals surface area contributed by atoms with E-state index in [4.69, 9.17) is 17.3 Å². The highest BCUT2D eigenvalue weighted by atomic mass is 35.5. The van der Waals surface area contributed by atoms with Crippen molar-refractivity contribution in [3.63, 3.8) is 0 Å². The molecule has 0 saturated carbocycles. The van der Waals surface area contributed by atoms with Crippen molar-refractivity contribution in [2.75, 3.05) is 37.7 Å². The lowest BCUT2D eigenvalue weighted by molar-refractivity contribution is -0.130. The van der Waals surface area contributed by atoms with Gasteiger partial charge < -0.3 is 10.6 Å². The average molecular weight is 476 g/mol.